The fourth-order valence-corrected chi connectivity index (χ4v) is 3.61. The zero-order chi connectivity index (χ0) is 22.1. The fraction of sp³-hybridized carbons (Fsp3) is 1.00. The normalized spacial score (nSPS) is 16.6. The van der Waals surface area contributed by atoms with Gasteiger partial charge in [-0.1, -0.05) is 0 Å². The van der Waals surface area contributed by atoms with Crippen LogP contribution in [0.5, 0.6) is 0 Å². The van der Waals surface area contributed by atoms with Gasteiger partial charge in [-0.15, -0.1) is 0 Å². The van der Waals surface area contributed by atoms with Crippen molar-refractivity contribution in [2.24, 2.45) is 5.73 Å². The molecule has 0 spiro atoms. The molecular formula is C20H46N2O6Si. The van der Waals surface area contributed by atoms with Crippen LogP contribution in [-0.4, -0.2) is 97.6 Å². The van der Waals surface area contributed by atoms with Gasteiger partial charge in [0.2, 0.25) is 0 Å². The molecule has 8 nitrogen and oxygen atoms in total. The van der Waals surface area contributed by atoms with Gasteiger partial charge >= 0.3 is 0 Å². The van der Waals surface area contributed by atoms with E-state index in [1.54, 1.807) is 7.11 Å². The summed E-state index contributed by atoms with van der Waals surface area (Å²) in [5.41, 5.74) is 5.63. The summed E-state index contributed by atoms with van der Waals surface area (Å²) in [7, 11) is 0.270. The Balaban J connectivity index is 3.53. The third kappa shape index (κ3) is 19.6. The van der Waals surface area contributed by atoms with Crippen molar-refractivity contribution in [3.63, 3.8) is 0 Å². The van der Waals surface area contributed by atoms with Crippen LogP contribution in [0.25, 0.3) is 0 Å². The van der Waals surface area contributed by atoms with Gasteiger partial charge in [0, 0.05) is 32.3 Å². The lowest BCUT2D eigenvalue weighted by Crippen LogP contribution is -2.38. The lowest BCUT2D eigenvalue weighted by molar-refractivity contribution is -0.0331. The molecule has 0 bridgehead atoms. The minimum Gasteiger partial charge on any atom is -0.420 e. The molecule has 0 saturated heterocycles. The van der Waals surface area contributed by atoms with E-state index in [0.29, 0.717) is 52.8 Å². The van der Waals surface area contributed by atoms with Crippen molar-refractivity contribution in [3.8, 4) is 0 Å². The zero-order valence-electron chi connectivity index (χ0n) is 19.4. The average molecular weight is 439 g/mol. The molecule has 0 aliphatic carbocycles. The van der Waals surface area contributed by atoms with E-state index in [1.165, 1.54) is 0 Å². The molecule has 176 valence electrons. The second-order valence-electron chi connectivity index (χ2n) is 8.38. The first kappa shape index (κ1) is 28.9. The van der Waals surface area contributed by atoms with Gasteiger partial charge in [0.15, 0.2) is 8.32 Å². The molecule has 0 aromatic carbocycles. The van der Waals surface area contributed by atoms with Crippen LogP contribution in [0.1, 0.15) is 27.2 Å². The van der Waals surface area contributed by atoms with E-state index in [1.807, 2.05) is 20.8 Å². The predicted molar refractivity (Wildman–Crippen MR) is 119 cm³/mol. The highest BCUT2D eigenvalue weighted by Crippen LogP contribution is 2.12. The summed E-state index contributed by atoms with van der Waals surface area (Å²) >= 11 is 0. The average Bonchev–Trinajstić information content (AvgIpc) is 2.65. The molecule has 29 heavy (non-hydrogen) atoms. The maximum Gasteiger partial charge on any atom is 0.186 e. The molecule has 0 aromatic heterocycles. The van der Waals surface area contributed by atoms with Crippen molar-refractivity contribution in [2.45, 2.75) is 70.6 Å². The number of aliphatic hydroxyl groups excluding tert-OH is 1. The molecule has 9 heteroatoms. The van der Waals surface area contributed by atoms with E-state index in [0.717, 1.165) is 12.5 Å². The van der Waals surface area contributed by atoms with E-state index in [4.69, 9.17) is 29.1 Å². The van der Waals surface area contributed by atoms with E-state index in [-0.39, 0.29) is 18.2 Å². The first-order valence-electron chi connectivity index (χ1n) is 10.7. The monoisotopic (exact) mass is 438 g/mol. The van der Waals surface area contributed by atoms with Crippen molar-refractivity contribution in [1.29, 1.82) is 0 Å². The maximum absolute atomic E-state index is 10.00. The van der Waals surface area contributed by atoms with E-state index in [2.05, 4.69) is 18.4 Å². The van der Waals surface area contributed by atoms with Gasteiger partial charge in [-0.3, -0.25) is 0 Å². The summed E-state index contributed by atoms with van der Waals surface area (Å²) in [6.45, 7) is 14.4. The van der Waals surface area contributed by atoms with E-state index in [9.17, 15) is 5.11 Å². The van der Waals surface area contributed by atoms with Gasteiger partial charge in [0.05, 0.1) is 51.8 Å². The maximum atomic E-state index is 10.00. The molecule has 4 atom stereocenters. The largest absolute Gasteiger partial charge is 0.420 e. The van der Waals surface area contributed by atoms with Crippen LogP contribution in [0, 0.1) is 0 Å². The van der Waals surface area contributed by atoms with Crippen LogP contribution in [0.3, 0.4) is 0 Å². The smallest absolute Gasteiger partial charge is 0.186 e. The second kappa shape index (κ2) is 17.6. The highest BCUT2D eigenvalue weighted by atomic mass is 28.4. The third-order valence-corrected chi connectivity index (χ3v) is 7.03. The minimum atomic E-state index is -1.51. The van der Waals surface area contributed by atoms with Crippen molar-refractivity contribution >= 4 is 8.32 Å². The first-order chi connectivity index (χ1) is 13.7. The molecule has 0 aromatic rings. The lowest BCUT2D eigenvalue weighted by atomic mass is 10.3. The molecule has 0 rings (SSSR count). The van der Waals surface area contributed by atoms with Crippen LogP contribution in [0.4, 0.5) is 0 Å². The first-order valence-corrected chi connectivity index (χ1v) is 13.8. The number of rotatable bonds is 20. The molecule has 0 aliphatic rings. The molecule has 0 aliphatic heterocycles. The van der Waals surface area contributed by atoms with Gasteiger partial charge in [0.1, 0.15) is 0 Å². The molecular weight excluding hydrogens is 392 g/mol. The molecule has 0 amide bonds. The van der Waals surface area contributed by atoms with E-state index >= 15 is 0 Å². The standard InChI is InChI=1S/C20H46N2O6Si/c1-17(21)13-27-15-19(3)28-10-9-26-14-18(2)22-12-20(23)16-25-8-7-11-29(5,6)24-4/h17-20,22-23H,7-16,21H2,1-6H3. The molecule has 0 radical (unpaired) electrons. The zero-order valence-corrected chi connectivity index (χ0v) is 20.4. The van der Waals surface area contributed by atoms with Crippen molar-refractivity contribution in [2.75, 3.05) is 59.9 Å². The molecule has 4 unspecified atom stereocenters. The number of aliphatic hydroxyl groups is 1. The van der Waals surface area contributed by atoms with E-state index < -0.39 is 14.4 Å². The molecule has 0 heterocycles. The third-order valence-electron chi connectivity index (χ3n) is 4.36. The summed E-state index contributed by atoms with van der Waals surface area (Å²) < 4.78 is 27.7. The number of hydrogen-bond donors (Lipinski definition) is 3. The topological polar surface area (TPSA) is 104 Å². The number of hydrogen-bond acceptors (Lipinski definition) is 8. The summed E-state index contributed by atoms with van der Waals surface area (Å²) in [6, 6.07) is 1.25. The Kier molecular flexibility index (Phi) is 17.5. The van der Waals surface area contributed by atoms with Gasteiger partial charge in [-0.25, -0.2) is 0 Å². The number of nitrogens with two attached hydrogens (primary N) is 1. The van der Waals surface area contributed by atoms with Crippen LogP contribution < -0.4 is 11.1 Å². The summed E-state index contributed by atoms with van der Waals surface area (Å²) in [6.07, 6.45) is 0.465. The Morgan fingerprint density at radius 1 is 0.931 bits per heavy atom. The van der Waals surface area contributed by atoms with Crippen LogP contribution in [-0.2, 0) is 23.4 Å². The molecule has 0 saturated carbocycles. The highest BCUT2D eigenvalue weighted by Gasteiger charge is 2.19. The Hall–Kier alpha value is -0.103. The quantitative estimate of drug-likeness (QED) is 0.193. The predicted octanol–water partition coefficient (Wildman–Crippen LogP) is 1.37. The fourth-order valence-electron chi connectivity index (χ4n) is 2.41. The van der Waals surface area contributed by atoms with Gasteiger partial charge in [-0.2, -0.15) is 0 Å². The van der Waals surface area contributed by atoms with Crippen LogP contribution in [0.15, 0.2) is 0 Å². The van der Waals surface area contributed by atoms with Gasteiger partial charge < -0.3 is 39.5 Å². The Labute approximate surface area is 178 Å². The minimum absolute atomic E-state index is 0.0194. The summed E-state index contributed by atoms with van der Waals surface area (Å²) in [5, 5.41) is 13.2. The number of ether oxygens (including phenoxy) is 4. The van der Waals surface area contributed by atoms with Crippen LogP contribution >= 0.6 is 0 Å². The highest BCUT2D eigenvalue weighted by molar-refractivity contribution is 6.71. The molecule has 4 N–H and O–H groups in total. The van der Waals surface area contributed by atoms with Crippen molar-refractivity contribution in [3.05, 3.63) is 0 Å². The second-order valence-corrected chi connectivity index (χ2v) is 12.8. The van der Waals surface area contributed by atoms with Crippen molar-refractivity contribution in [1.82, 2.24) is 5.32 Å². The SMILES string of the molecule is CO[Si](C)(C)CCCOCC(O)CNC(C)COCCOC(C)COCC(C)N. The van der Waals surface area contributed by atoms with Crippen molar-refractivity contribution < 1.29 is 28.5 Å². The van der Waals surface area contributed by atoms with Crippen LogP contribution in [0.2, 0.25) is 19.1 Å². The lowest BCUT2D eigenvalue weighted by Gasteiger charge is -2.20. The van der Waals surface area contributed by atoms with Gasteiger partial charge in [-0.05, 0) is 46.3 Å². The Bertz CT molecular complexity index is 377. The summed E-state index contributed by atoms with van der Waals surface area (Å²) in [4.78, 5) is 0. The Morgan fingerprint density at radius 3 is 2.28 bits per heavy atom. The molecule has 0 fully saturated rings. The summed E-state index contributed by atoms with van der Waals surface area (Å²) in [5.74, 6) is 0. The number of nitrogens with one attached hydrogen (secondary N) is 1. The Morgan fingerprint density at radius 2 is 1.62 bits per heavy atom. The van der Waals surface area contributed by atoms with Gasteiger partial charge in [0.25, 0.3) is 0 Å².